The topological polar surface area (TPSA) is 18.5 Å². The SMILES string of the molecule is CCNCc1cccc(F)c1N1CCC(N(C)C)C1. The average Bonchev–Trinajstić information content (AvgIpc) is 2.85. The highest BCUT2D eigenvalue weighted by Gasteiger charge is 2.27. The van der Waals surface area contributed by atoms with Gasteiger partial charge in [-0.1, -0.05) is 19.1 Å². The molecule has 1 aliphatic heterocycles. The van der Waals surface area contributed by atoms with Gasteiger partial charge in [-0.3, -0.25) is 0 Å². The molecule has 0 amide bonds. The molecule has 0 aromatic heterocycles. The summed E-state index contributed by atoms with van der Waals surface area (Å²) in [5.41, 5.74) is 1.84. The van der Waals surface area contributed by atoms with E-state index in [4.69, 9.17) is 0 Å². The summed E-state index contributed by atoms with van der Waals surface area (Å²) in [6.07, 6.45) is 1.10. The summed E-state index contributed by atoms with van der Waals surface area (Å²) >= 11 is 0. The van der Waals surface area contributed by atoms with Gasteiger partial charge in [0.2, 0.25) is 0 Å². The van der Waals surface area contributed by atoms with Crippen LogP contribution in [0.4, 0.5) is 10.1 Å². The zero-order valence-corrected chi connectivity index (χ0v) is 12.1. The van der Waals surface area contributed by atoms with Crippen LogP contribution in [0, 0.1) is 5.82 Å². The standard InChI is InChI=1S/C15H24FN3/c1-4-17-10-12-6-5-7-14(16)15(12)19-9-8-13(11-19)18(2)3/h5-7,13,17H,4,8-11H2,1-3H3. The minimum Gasteiger partial charge on any atom is -0.367 e. The molecule has 0 saturated carbocycles. The van der Waals surface area contributed by atoms with Crippen LogP contribution in [0.2, 0.25) is 0 Å². The van der Waals surface area contributed by atoms with E-state index in [2.05, 4.69) is 36.1 Å². The van der Waals surface area contributed by atoms with Crippen LogP contribution in [-0.2, 0) is 6.54 Å². The van der Waals surface area contributed by atoms with E-state index in [-0.39, 0.29) is 5.82 Å². The molecule has 1 aromatic carbocycles. The largest absolute Gasteiger partial charge is 0.367 e. The van der Waals surface area contributed by atoms with Gasteiger partial charge in [0.05, 0.1) is 5.69 Å². The zero-order valence-electron chi connectivity index (χ0n) is 12.1. The van der Waals surface area contributed by atoms with Crippen LogP contribution < -0.4 is 10.2 Å². The lowest BCUT2D eigenvalue weighted by molar-refractivity contribution is 0.315. The lowest BCUT2D eigenvalue weighted by atomic mass is 10.1. The van der Waals surface area contributed by atoms with Gasteiger partial charge in [-0.25, -0.2) is 4.39 Å². The van der Waals surface area contributed by atoms with Gasteiger partial charge in [-0.05, 0) is 38.7 Å². The summed E-state index contributed by atoms with van der Waals surface area (Å²) in [4.78, 5) is 4.41. The second kappa shape index (κ2) is 6.35. The molecule has 106 valence electrons. The Hall–Kier alpha value is -1.13. The van der Waals surface area contributed by atoms with Crippen molar-refractivity contribution in [2.24, 2.45) is 0 Å². The van der Waals surface area contributed by atoms with Crippen LogP contribution in [0.15, 0.2) is 18.2 Å². The molecule has 1 aliphatic rings. The Balaban J connectivity index is 2.19. The number of nitrogens with zero attached hydrogens (tertiary/aromatic N) is 2. The number of anilines is 1. The minimum atomic E-state index is -0.102. The van der Waals surface area contributed by atoms with Crippen molar-refractivity contribution in [3.05, 3.63) is 29.6 Å². The summed E-state index contributed by atoms with van der Waals surface area (Å²) in [6.45, 7) is 5.54. The third kappa shape index (κ3) is 3.25. The monoisotopic (exact) mass is 265 g/mol. The Bertz CT molecular complexity index is 420. The van der Waals surface area contributed by atoms with Gasteiger partial charge in [-0.2, -0.15) is 0 Å². The molecule has 3 nitrogen and oxygen atoms in total. The summed E-state index contributed by atoms with van der Waals surface area (Å²) in [5.74, 6) is -0.102. The molecule has 0 radical (unpaired) electrons. The number of para-hydroxylation sites is 1. The van der Waals surface area contributed by atoms with Crippen molar-refractivity contribution < 1.29 is 4.39 Å². The molecular weight excluding hydrogens is 241 g/mol. The van der Waals surface area contributed by atoms with E-state index < -0.39 is 0 Å². The van der Waals surface area contributed by atoms with Crippen molar-refractivity contribution in [2.45, 2.75) is 25.9 Å². The first kappa shape index (κ1) is 14.3. The Morgan fingerprint density at radius 1 is 1.42 bits per heavy atom. The highest BCUT2D eigenvalue weighted by Crippen LogP contribution is 2.28. The van der Waals surface area contributed by atoms with E-state index >= 15 is 0 Å². The molecule has 1 saturated heterocycles. The fraction of sp³-hybridized carbons (Fsp3) is 0.600. The number of likely N-dealkylation sites (N-methyl/N-ethyl adjacent to an activating group) is 1. The van der Waals surface area contributed by atoms with Gasteiger partial charge in [-0.15, -0.1) is 0 Å². The lowest BCUT2D eigenvalue weighted by Crippen LogP contribution is -2.32. The van der Waals surface area contributed by atoms with Crippen molar-refractivity contribution in [3.8, 4) is 0 Å². The summed E-state index contributed by atoms with van der Waals surface area (Å²) in [7, 11) is 4.18. The fourth-order valence-electron chi connectivity index (χ4n) is 2.68. The summed E-state index contributed by atoms with van der Waals surface area (Å²) in [6, 6.07) is 5.90. The third-order valence-electron chi connectivity index (χ3n) is 3.85. The fourth-order valence-corrected chi connectivity index (χ4v) is 2.68. The maximum absolute atomic E-state index is 14.2. The Labute approximate surface area is 115 Å². The minimum absolute atomic E-state index is 0.102. The molecule has 19 heavy (non-hydrogen) atoms. The number of rotatable bonds is 5. The Morgan fingerprint density at radius 3 is 2.84 bits per heavy atom. The molecule has 0 spiro atoms. The van der Waals surface area contributed by atoms with Gasteiger partial charge in [0, 0.05) is 25.7 Å². The van der Waals surface area contributed by atoms with E-state index in [9.17, 15) is 4.39 Å². The molecule has 4 heteroatoms. The molecule has 1 atom stereocenters. The number of benzene rings is 1. The van der Waals surface area contributed by atoms with E-state index in [1.165, 1.54) is 0 Å². The smallest absolute Gasteiger partial charge is 0.146 e. The highest BCUT2D eigenvalue weighted by atomic mass is 19.1. The normalized spacial score (nSPS) is 19.4. The van der Waals surface area contributed by atoms with Crippen molar-refractivity contribution in [1.29, 1.82) is 0 Å². The maximum Gasteiger partial charge on any atom is 0.146 e. The molecule has 1 N–H and O–H groups in total. The van der Waals surface area contributed by atoms with Gasteiger partial charge in [0.15, 0.2) is 0 Å². The predicted octanol–water partition coefficient (Wildman–Crippen LogP) is 2.08. The van der Waals surface area contributed by atoms with Crippen LogP contribution in [0.3, 0.4) is 0 Å². The number of hydrogen-bond acceptors (Lipinski definition) is 3. The van der Waals surface area contributed by atoms with Crippen LogP contribution >= 0.6 is 0 Å². The van der Waals surface area contributed by atoms with Gasteiger partial charge in [0.25, 0.3) is 0 Å². The van der Waals surface area contributed by atoms with Gasteiger partial charge < -0.3 is 15.1 Å². The molecule has 0 bridgehead atoms. The predicted molar refractivity (Wildman–Crippen MR) is 78.1 cm³/mol. The second-order valence-electron chi connectivity index (χ2n) is 5.38. The molecule has 1 unspecified atom stereocenters. The number of hydrogen-bond donors (Lipinski definition) is 1. The van der Waals surface area contributed by atoms with E-state index in [1.54, 1.807) is 12.1 Å². The van der Waals surface area contributed by atoms with Crippen molar-refractivity contribution in [1.82, 2.24) is 10.2 Å². The molecule has 0 aliphatic carbocycles. The number of nitrogens with one attached hydrogen (secondary N) is 1. The summed E-state index contributed by atoms with van der Waals surface area (Å²) < 4.78 is 14.2. The molecular formula is C15H24FN3. The zero-order chi connectivity index (χ0) is 13.8. The van der Waals surface area contributed by atoms with Crippen molar-refractivity contribution in [2.75, 3.05) is 38.6 Å². The Kier molecular flexibility index (Phi) is 4.77. The molecule has 1 aromatic rings. The average molecular weight is 265 g/mol. The highest BCUT2D eigenvalue weighted by molar-refractivity contribution is 5.56. The molecule has 1 fully saturated rings. The number of halogens is 1. The van der Waals surface area contributed by atoms with Gasteiger partial charge >= 0.3 is 0 Å². The Morgan fingerprint density at radius 2 is 2.21 bits per heavy atom. The van der Waals surface area contributed by atoms with Gasteiger partial charge in [0.1, 0.15) is 5.82 Å². The first-order chi connectivity index (χ1) is 9.13. The van der Waals surface area contributed by atoms with E-state index in [0.717, 1.165) is 43.9 Å². The first-order valence-electron chi connectivity index (χ1n) is 7.03. The van der Waals surface area contributed by atoms with E-state index in [0.29, 0.717) is 6.04 Å². The summed E-state index contributed by atoms with van der Waals surface area (Å²) in [5, 5.41) is 3.29. The first-order valence-corrected chi connectivity index (χ1v) is 7.03. The molecule has 1 heterocycles. The van der Waals surface area contributed by atoms with Crippen LogP contribution in [0.25, 0.3) is 0 Å². The van der Waals surface area contributed by atoms with E-state index in [1.807, 2.05) is 6.07 Å². The quantitative estimate of drug-likeness (QED) is 0.879. The molecule has 2 rings (SSSR count). The maximum atomic E-state index is 14.2. The van der Waals surface area contributed by atoms with Crippen LogP contribution in [-0.4, -0.2) is 44.7 Å². The van der Waals surface area contributed by atoms with Crippen LogP contribution in [0.5, 0.6) is 0 Å². The van der Waals surface area contributed by atoms with Crippen LogP contribution in [0.1, 0.15) is 18.9 Å². The van der Waals surface area contributed by atoms with Crippen molar-refractivity contribution >= 4 is 5.69 Å². The van der Waals surface area contributed by atoms with Crippen molar-refractivity contribution in [3.63, 3.8) is 0 Å². The third-order valence-corrected chi connectivity index (χ3v) is 3.85. The lowest BCUT2D eigenvalue weighted by Gasteiger charge is -2.24. The second-order valence-corrected chi connectivity index (χ2v) is 5.38.